The molecular formula is C14H22N2OS. The molecule has 0 bridgehead atoms. The molecule has 1 amide bonds. The highest BCUT2D eigenvalue weighted by Gasteiger charge is 2.21. The van der Waals surface area contributed by atoms with Crippen LogP contribution < -0.4 is 0 Å². The van der Waals surface area contributed by atoms with Gasteiger partial charge in [-0.3, -0.25) is 4.79 Å². The molecule has 2 rings (SSSR count). The number of aryl methyl sites for hydroxylation is 1. The van der Waals surface area contributed by atoms with Gasteiger partial charge in [0.25, 0.3) is 5.91 Å². The Bertz CT molecular complexity index is 394. The van der Waals surface area contributed by atoms with E-state index in [9.17, 15) is 4.79 Å². The van der Waals surface area contributed by atoms with Crippen molar-refractivity contribution in [3.63, 3.8) is 0 Å². The average molecular weight is 266 g/mol. The topological polar surface area (TPSA) is 23.6 Å². The minimum absolute atomic E-state index is 0.212. The molecule has 0 spiro atoms. The van der Waals surface area contributed by atoms with Crippen LogP contribution in [0.2, 0.25) is 0 Å². The summed E-state index contributed by atoms with van der Waals surface area (Å²) in [5.74, 6) is 0.212. The lowest BCUT2D eigenvalue weighted by Crippen LogP contribution is -2.48. The molecule has 2 heterocycles. The van der Waals surface area contributed by atoms with Crippen molar-refractivity contribution in [2.24, 2.45) is 0 Å². The minimum atomic E-state index is 0.212. The van der Waals surface area contributed by atoms with Crippen molar-refractivity contribution in [1.29, 1.82) is 0 Å². The number of carbonyl (C=O) groups excluding carboxylic acids is 1. The Hall–Kier alpha value is -0.870. The predicted molar refractivity (Wildman–Crippen MR) is 76.3 cm³/mol. The van der Waals surface area contributed by atoms with Gasteiger partial charge in [-0.05, 0) is 19.0 Å². The van der Waals surface area contributed by atoms with E-state index >= 15 is 0 Å². The van der Waals surface area contributed by atoms with Crippen LogP contribution in [0.25, 0.3) is 0 Å². The highest BCUT2D eigenvalue weighted by molar-refractivity contribution is 7.10. The lowest BCUT2D eigenvalue weighted by molar-refractivity contribution is 0.0644. The number of rotatable bonds is 4. The van der Waals surface area contributed by atoms with Gasteiger partial charge in [-0.15, -0.1) is 11.3 Å². The van der Waals surface area contributed by atoms with E-state index in [0.29, 0.717) is 0 Å². The fourth-order valence-electron chi connectivity index (χ4n) is 2.32. The highest BCUT2D eigenvalue weighted by atomic mass is 32.1. The second-order valence-corrected chi connectivity index (χ2v) is 5.77. The molecule has 1 saturated heterocycles. The minimum Gasteiger partial charge on any atom is -0.336 e. The largest absolute Gasteiger partial charge is 0.336 e. The maximum Gasteiger partial charge on any atom is 0.254 e. The van der Waals surface area contributed by atoms with Gasteiger partial charge in [-0.1, -0.05) is 20.3 Å². The maximum atomic E-state index is 12.3. The van der Waals surface area contributed by atoms with Gasteiger partial charge in [-0.2, -0.15) is 0 Å². The number of amides is 1. The predicted octanol–water partition coefficient (Wildman–Crippen LogP) is 2.48. The lowest BCUT2D eigenvalue weighted by atomic mass is 10.2. The number of piperazine rings is 1. The highest BCUT2D eigenvalue weighted by Crippen LogP contribution is 2.18. The van der Waals surface area contributed by atoms with E-state index in [2.05, 4.69) is 24.8 Å². The van der Waals surface area contributed by atoms with E-state index in [1.807, 2.05) is 10.3 Å². The number of carbonyl (C=O) groups is 1. The zero-order valence-electron chi connectivity index (χ0n) is 11.3. The molecule has 0 N–H and O–H groups in total. The molecule has 0 saturated carbocycles. The number of hydrogen-bond acceptors (Lipinski definition) is 3. The van der Waals surface area contributed by atoms with Crippen LogP contribution >= 0.6 is 11.3 Å². The van der Waals surface area contributed by atoms with Gasteiger partial charge in [0.2, 0.25) is 0 Å². The van der Waals surface area contributed by atoms with Crippen LogP contribution in [0.4, 0.5) is 0 Å². The van der Waals surface area contributed by atoms with Crippen molar-refractivity contribution < 1.29 is 4.79 Å². The first-order valence-electron chi connectivity index (χ1n) is 6.83. The third kappa shape index (κ3) is 3.12. The van der Waals surface area contributed by atoms with Crippen molar-refractivity contribution in [1.82, 2.24) is 9.80 Å². The molecule has 3 nitrogen and oxygen atoms in total. The Morgan fingerprint density at radius 2 is 2.00 bits per heavy atom. The Morgan fingerprint density at radius 3 is 2.61 bits per heavy atom. The second kappa shape index (κ2) is 6.34. The molecule has 1 aromatic rings. The molecule has 0 radical (unpaired) electrons. The molecule has 1 fully saturated rings. The molecule has 0 aromatic carbocycles. The third-order valence-electron chi connectivity index (χ3n) is 3.50. The quantitative estimate of drug-likeness (QED) is 0.836. The van der Waals surface area contributed by atoms with Crippen molar-refractivity contribution >= 4 is 17.2 Å². The first kappa shape index (κ1) is 13.6. The fraction of sp³-hybridized carbons (Fsp3) is 0.643. The molecule has 18 heavy (non-hydrogen) atoms. The molecule has 1 aliphatic heterocycles. The molecular weight excluding hydrogens is 244 g/mol. The van der Waals surface area contributed by atoms with Crippen LogP contribution in [0.15, 0.2) is 11.4 Å². The smallest absolute Gasteiger partial charge is 0.254 e. The fourth-order valence-corrected chi connectivity index (χ4v) is 3.28. The Labute approximate surface area is 113 Å². The summed E-state index contributed by atoms with van der Waals surface area (Å²) in [4.78, 5) is 18.0. The van der Waals surface area contributed by atoms with Crippen molar-refractivity contribution in [2.75, 3.05) is 32.7 Å². The van der Waals surface area contributed by atoms with E-state index in [1.165, 1.54) is 4.88 Å². The zero-order valence-corrected chi connectivity index (χ0v) is 12.1. The molecule has 4 heteroatoms. The van der Waals surface area contributed by atoms with E-state index in [0.717, 1.165) is 51.1 Å². The van der Waals surface area contributed by atoms with Crippen molar-refractivity contribution in [3.05, 3.63) is 21.9 Å². The molecule has 100 valence electrons. The van der Waals surface area contributed by atoms with Gasteiger partial charge < -0.3 is 9.80 Å². The Kier molecular flexibility index (Phi) is 4.78. The van der Waals surface area contributed by atoms with Gasteiger partial charge in [0.05, 0.1) is 5.56 Å². The van der Waals surface area contributed by atoms with Crippen LogP contribution in [0.5, 0.6) is 0 Å². The summed E-state index contributed by atoms with van der Waals surface area (Å²) >= 11 is 1.71. The first-order valence-corrected chi connectivity index (χ1v) is 7.71. The molecule has 1 aromatic heterocycles. The number of likely N-dealkylation sites (N-methyl/N-ethyl adjacent to an activating group) is 1. The van der Waals surface area contributed by atoms with Crippen LogP contribution in [0.3, 0.4) is 0 Å². The van der Waals surface area contributed by atoms with Crippen LogP contribution in [0.1, 0.15) is 35.5 Å². The normalized spacial score (nSPS) is 17.1. The third-order valence-corrected chi connectivity index (χ3v) is 4.50. The summed E-state index contributed by atoms with van der Waals surface area (Å²) in [6.07, 6.45) is 2.23. The van der Waals surface area contributed by atoms with E-state index < -0.39 is 0 Å². The van der Waals surface area contributed by atoms with Crippen molar-refractivity contribution in [2.45, 2.75) is 26.7 Å². The molecule has 0 atom stereocenters. The van der Waals surface area contributed by atoms with Crippen LogP contribution in [-0.2, 0) is 6.42 Å². The summed E-state index contributed by atoms with van der Waals surface area (Å²) < 4.78 is 0. The zero-order chi connectivity index (χ0) is 13.0. The monoisotopic (exact) mass is 266 g/mol. The SMILES string of the molecule is CCCc1cc(C(=O)N2CCN(CC)CC2)cs1. The second-order valence-electron chi connectivity index (χ2n) is 4.78. The van der Waals surface area contributed by atoms with E-state index in [-0.39, 0.29) is 5.91 Å². The number of hydrogen-bond donors (Lipinski definition) is 0. The molecule has 0 unspecified atom stereocenters. The number of nitrogens with zero attached hydrogens (tertiary/aromatic N) is 2. The standard InChI is InChI=1S/C14H22N2OS/c1-3-5-13-10-12(11-18-13)14(17)16-8-6-15(4-2)7-9-16/h10-11H,3-9H2,1-2H3. The first-order chi connectivity index (χ1) is 8.74. The average Bonchev–Trinajstić information content (AvgIpc) is 2.87. The molecule has 1 aliphatic rings. The summed E-state index contributed by atoms with van der Waals surface area (Å²) in [5, 5.41) is 2.01. The van der Waals surface area contributed by atoms with E-state index in [1.54, 1.807) is 11.3 Å². The van der Waals surface area contributed by atoms with Gasteiger partial charge in [0, 0.05) is 36.4 Å². The summed E-state index contributed by atoms with van der Waals surface area (Å²) in [6, 6.07) is 2.07. The van der Waals surface area contributed by atoms with Crippen LogP contribution in [-0.4, -0.2) is 48.4 Å². The Balaban J connectivity index is 1.94. The summed E-state index contributed by atoms with van der Waals surface area (Å²) in [6.45, 7) is 9.18. The summed E-state index contributed by atoms with van der Waals surface area (Å²) in [7, 11) is 0. The van der Waals surface area contributed by atoms with E-state index in [4.69, 9.17) is 0 Å². The van der Waals surface area contributed by atoms with Gasteiger partial charge in [0.1, 0.15) is 0 Å². The molecule has 0 aliphatic carbocycles. The van der Waals surface area contributed by atoms with Gasteiger partial charge >= 0.3 is 0 Å². The lowest BCUT2D eigenvalue weighted by Gasteiger charge is -2.33. The van der Waals surface area contributed by atoms with Crippen LogP contribution in [0, 0.1) is 0 Å². The van der Waals surface area contributed by atoms with Gasteiger partial charge in [0.15, 0.2) is 0 Å². The van der Waals surface area contributed by atoms with Crippen molar-refractivity contribution in [3.8, 4) is 0 Å². The van der Waals surface area contributed by atoms with Gasteiger partial charge in [-0.25, -0.2) is 0 Å². The summed E-state index contributed by atoms with van der Waals surface area (Å²) in [5.41, 5.74) is 0.883. The number of thiophene rings is 1. The Morgan fingerprint density at radius 1 is 1.28 bits per heavy atom. The maximum absolute atomic E-state index is 12.3.